The van der Waals surface area contributed by atoms with Gasteiger partial charge in [0.25, 0.3) is 5.91 Å². The number of fused-ring (bicyclic) bond motifs is 1. The molecule has 3 aliphatic rings. The van der Waals surface area contributed by atoms with Crippen molar-refractivity contribution in [1.29, 1.82) is 0 Å². The second-order valence-electron chi connectivity index (χ2n) is 6.85. The number of rotatable bonds is 2. The number of nitrogens with zero attached hydrogens (tertiary/aromatic N) is 2. The lowest BCUT2D eigenvalue weighted by Crippen LogP contribution is -2.48. The zero-order valence-electron chi connectivity index (χ0n) is 14.0. The summed E-state index contributed by atoms with van der Waals surface area (Å²) in [5.41, 5.74) is 1.44. The number of carbonyl (C=O) groups is 1. The minimum Gasteiger partial charge on any atom is -0.462 e. The van der Waals surface area contributed by atoms with Gasteiger partial charge in [-0.3, -0.25) is 9.69 Å². The van der Waals surface area contributed by atoms with E-state index in [2.05, 4.69) is 38.4 Å². The number of aromatic nitrogens is 1. The van der Waals surface area contributed by atoms with Crippen LogP contribution >= 0.6 is 27.3 Å². The van der Waals surface area contributed by atoms with Gasteiger partial charge in [-0.2, -0.15) is 0 Å². The summed E-state index contributed by atoms with van der Waals surface area (Å²) in [7, 11) is 0. The quantitative estimate of drug-likeness (QED) is 0.773. The maximum atomic E-state index is 12.3. The van der Waals surface area contributed by atoms with Crippen molar-refractivity contribution in [3.63, 3.8) is 0 Å². The molecular formula is C18H18BrN3O2S. The highest BCUT2D eigenvalue weighted by atomic mass is 79.9. The Hall–Kier alpha value is -1.86. The van der Waals surface area contributed by atoms with Crippen molar-refractivity contribution in [2.75, 3.05) is 4.90 Å². The van der Waals surface area contributed by atoms with Crippen LogP contribution in [0.4, 0.5) is 5.13 Å². The van der Waals surface area contributed by atoms with Gasteiger partial charge in [-0.1, -0.05) is 28.1 Å². The Morgan fingerprint density at radius 3 is 3.08 bits per heavy atom. The van der Waals surface area contributed by atoms with E-state index in [0.29, 0.717) is 5.69 Å². The molecule has 1 aliphatic carbocycles. The zero-order valence-corrected chi connectivity index (χ0v) is 16.4. The molecule has 0 spiro atoms. The monoisotopic (exact) mass is 419 g/mol. The summed E-state index contributed by atoms with van der Waals surface area (Å²) in [5.74, 6) is 0.703. The average Bonchev–Trinajstić information content (AvgIpc) is 2.98. The van der Waals surface area contributed by atoms with Gasteiger partial charge in [0, 0.05) is 33.1 Å². The first kappa shape index (κ1) is 16.6. The first-order valence-electron chi connectivity index (χ1n) is 8.14. The minimum absolute atomic E-state index is 0.0990. The molecule has 0 unspecified atom stereocenters. The molecule has 130 valence electrons. The number of hydrogen-bond acceptors (Lipinski definition) is 5. The second kappa shape index (κ2) is 6.14. The Labute approximate surface area is 158 Å². The summed E-state index contributed by atoms with van der Waals surface area (Å²) in [4.78, 5) is 19.8. The number of hydrogen-bond donors (Lipinski definition) is 1. The summed E-state index contributed by atoms with van der Waals surface area (Å²) in [6.07, 6.45) is 12.3. The van der Waals surface area contributed by atoms with Crippen molar-refractivity contribution in [3.8, 4) is 0 Å². The number of amides is 1. The fraction of sp³-hybridized carbons (Fsp3) is 0.333. The van der Waals surface area contributed by atoms with E-state index in [1.165, 1.54) is 0 Å². The molecule has 0 bridgehead atoms. The molecular weight excluding hydrogens is 402 g/mol. The van der Waals surface area contributed by atoms with Crippen LogP contribution in [0, 0.1) is 0 Å². The van der Waals surface area contributed by atoms with Crippen LogP contribution in [0.5, 0.6) is 0 Å². The molecule has 5 nitrogen and oxygen atoms in total. The van der Waals surface area contributed by atoms with Gasteiger partial charge in [0.2, 0.25) is 0 Å². The number of ether oxygens (including phenoxy) is 1. The lowest BCUT2D eigenvalue weighted by atomic mass is 9.95. The van der Waals surface area contributed by atoms with Crippen LogP contribution in [0.2, 0.25) is 0 Å². The first-order valence-corrected chi connectivity index (χ1v) is 9.75. The van der Waals surface area contributed by atoms with Crippen LogP contribution in [-0.2, 0) is 11.2 Å². The predicted molar refractivity (Wildman–Crippen MR) is 102 cm³/mol. The maximum Gasteiger partial charge on any atom is 0.271 e. The molecule has 1 amide bonds. The van der Waals surface area contributed by atoms with Crippen molar-refractivity contribution >= 4 is 38.3 Å². The molecule has 7 heteroatoms. The zero-order chi connectivity index (χ0) is 17.6. The van der Waals surface area contributed by atoms with Gasteiger partial charge in [-0.25, -0.2) is 4.98 Å². The van der Waals surface area contributed by atoms with Gasteiger partial charge in [-0.15, -0.1) is 11.3 Å². The van der Waals surface area contributed by atoms with Crippen LogP contribution in [0.3, 0.4) is 0 Å². The molecule has 0 radical (unpaired) electrons. The first-order chi connectivity index (χ1) is 11.9. The molecule has 3 heterocycles. The number of allylic oxidation sites excluding steroid dienone is 4. The van der Waals surface area contributed by atoms with E-state index in [0.717, 1.165) is 45.1 Å². The van der Waals surface area contributed by atoms with Crippen LogP contribution < -0.4 is 10.2 Å². The molecule has 25 heavy (non-hydrogen) atoms. The minimum atomic E-state index is -0.236. The lowest BCUT2D eigenvalue weighted by Gasteiger charge is -2.29. The molecule has 0 aromatic carbocycles. The van der Waals surface area contributed by atoms with Crippen LogP contribution in [0.1, 0.15) is 42.1 Å². The van der Waals surface area contributed by atoms with Crippen LogP contribution in [0.15, 0.2) is 46.6 Å². The SMILES string of the molecule is CC1(C)Cc2sc(N3C=COC(C4=C(Br)C=CCC4)=C3)nc2C(=O)N1. The van der Waals surface area contributed by atoms with Gasteiger partial charge in [-0.05, 0) is 26.7 Å². The van der Waals surface area contributed by atoms with Crippen molar-refractivity contribution in [3.05, 3.63) is 57.2 Å². The smallest absolute Gasteiger partial charge is 0.271 e. The summed E-state index contributed by atoms with van der Waals surface area (Å²) >= 11 is 5.15. The van der Waals surface area contributed by atoms with Crippen molar-refractivity contribution in [2.24, 2.45) is 0 Å². The highest BCUT2D eigenvalue weighted by Gasteiger charge is 2.34. The standard InChI is InChI=1S/C18H18BrN3O2S/c1-18(2)9-14-15(16(23)21-18)20-17(25-14)22-7-8-24-13(10-22)11-5-3-4-6-12(11)19/h4,6-8,10H,3,5,9H2,1-2H3,(H,21,23). The van der Waals surface area contributed by atoms with E-state index in [9.17, 15) is 4.79 Å². The highest BCUT2D eigenvalue weighted by Crippen LogP contribution is 2.36. The van der Waals surface area contributed by atoms with E-state index >= 15 is 0 Å². The maximum absolute atomic E-state index is 12.3. The Morgan fingerprint density at radius 1 is 1.44 bits per heavy atom. The molecule has 4 rings (SSSR count). The number of anilines is 1. The van der Waals surface area contributed by atoms with E-state index in [4.69, 9.17) is 4.74 Å². The van der Waals surface area contributed by atoms with Crippen molar-refractivity contribution < 1.29 is 9.53 Å². The topological polar surface area (TPSA) is 54.5 Å². The fourth-order valence-electron chi connectivity index (χ4n) is 3.07. The van der Waals surface area contributed by atoms with E-state index in [-0.39, 0.29) is 11.4 Å². The lowest BCUT2D eigenvalue weighted by molar-refractivity contribution is 0.0893. The Kier molecular flexibility index (Phi) is 4.08. The molecule has 1 aromatic heterocycles. The summed E-state index contributed by atoms with van der Waals surface area (Å²) in [6.45, 7) is 4.06. The third-order valence-electron chi connectivity index (χ3n) is 4.26. The van der Waals surface area contributed by atoms with Gasteiger partial charge < -0.3 is 10.1 Å². The number of carbonyl (C=O) groups excluding carboxylic acids is 1. The summed E-state index contributed by atoms with van der Waals surface area (Å²) in [6, 6.07) is 0. The van der Waals surface area contributed by atoms with E-state index < -0.39 is 0 Å². The van der Waals surface area contributed by atoms with Crippen molar-refractivity contribution in [2.45, 2.75) is 38.6 Å². The summed E-state index contributed by atoms with van der Waals surface area (Å²) in [5, 5.41) is 3.78. The second-order valence-corrected chi connectivity index (χ2v) is 8.77. The predicted octanol–water partition coefficient (Wildman–Crippen LogP) is 4.36. The van der Waals surface area contributed by atoms with Gasteiger partial charge in [0.05, 0.1) is 6.20 Å². The third-order valence-corrected chi connectivity index (χ3v) is 6.07. The van der Waals surface area contributed by atoms with Crippen LogP contribution in [0.25, 0.3) is 0 Å². The number of thiazole rings is 1. The van der Waals surface area contributed by atoms with E-state index in [1.54, 1.807) is 17.6 Å². The molecule has 1 aromatic rings. The Morgan fingerprint density at radius 2 is 2.28 bits per heavy atom. The van der Waals surface area contributed by atoms with Crippen molar-refractivity contribution in [1.82, 2.24) is 10.3 Å². The Balaban J connectivity index is 1.67. The molecule has 0 atom stereocenters. The summed E-state index contributed by atoms with van der Waals surface area (Å²) < 4.78 is 6.75. The molecule has 2 aliphatic heterocycles. The van der Waals surface area contributed by atoms with Gasteiger partial charge >= 0.3 is 0 Å². The third kappa shape index (κ3) is 3.18. The molecule has 0 saturated carbocycles. The van der Waals surface area contributed by atoms with Crippen LogP contribution in [-0.4, -0.2) is 16.4 Å². The van der Waals surface area contributed by atoms with E-state index in [1.807, 2.05) is 31.1 Å². The fourth-order valence-corrected chi connectivity index (χ4v) is 4.90. The number of halogens is 1. The molecule has 1 N–H and O–H groups in total. The molecule has 0 fully saturated rings. The molecule has 0 saturated heterocycles. The van der Waals surface area contributed by atoms with Gasteiger partial charge in [0.15, 0.2) is 5.13 Å². The average molecular weight is 420 g/mol. The number of nitrogens with one attached hydrogen (secondary N) is 1. The largest absolute Gasteiger partial charge is 0.462 e. The van der Waals surface area contributed by atoms with Gasteiger partial charge in [0.1, 0.15) is 17.7 Å². The Bertz CT molecular complexity index is 864. The highest BCUT2D eigenvalue weighted by molar-refractivity contribution is 9.11. The normalized spacial score (nSPS) is 21.6.